The van der Waals surface area contributed by atoms with Crippen LogP contribution in [0.25, 0.3) is 22.2 Å². The molecule has 1 saturated carbocycles. The number of carbonyl (C=O) groups is 3. The number of hydrogen-bond acceptors (Lipinski definition) is 7. The Morgan fingerprint density at radius 3 is 2.48 bits per heavy atom. The van der Waals surface area contributed by atoms with Gasteiger partial charge in [-0.05, 0) is 68.8 Å². The van der Waals surface area contributed by atoms with Crippen molar-refractivity contribution in [1.29, 1.82) is 0 Å². The number of para-hydroxylation sites is 1. The molecule has 3 aliphatic rings. The third-order valence-electron chi connectivity index (χ3n) is 9.45. The van der Waals surface area contributed by atoms with Gasteiger partial charge < -0.3 is 30.4 Å². The van der Waals surface area contributed by atoms with Crippen LogP contribution < -0.4 is 15.5 Å². The summed E-state index contributed by atoms with van der Waals surface area (Å²) in [4.78, 5) is 52.7. The van der Waals surface area contributed by atoms with Crippen LogP contribution in [0.4, 0.5) is 10.6 Å². The van der Waals surface area contributed by atoms with Crippen LogP contribution in [-0.4, -0.2) is 102 Å². The first-order chi connectivity index (χ1) is 21.3. The Morgan fingerprint density at radius 2 is 1.80 bits per heavy atom. The van der Waals surface area contributed by atoms with E-state index in [2.05, 4.69) is 27.5 Å². The molecular weight excluding hydrogens is 558 g/mol. The van der Waals surface area contributed by atoms with E-state index in [-0.39, 0.29) is 30.2 Å². The average molecular weight is 600 g/mol. The maximum Gasteiger partial charge on any atom is 0.407 e. The Hall–Kier alpha value is -4.25. The second-order valence-corrected chi connectivity index (χ2v) is 12.5. The van der Waals surface area contributed by atoms with E-state index in [1.165, 1.54) is 4.90 Å². The van der Waals surface area contributed by atoms with E-state index in [9.17, 15) is 19.5 Å². The predicted octanol–water partition coefficient (Wildman–Crippen LogP) is 3.45. The molecule has 2 aromatic heterocycles. The molecule has 232 valence electrons. The lowest BCUT2D eigenvalue weighted by Crippen LogP contribution is -2.44. The van der Waals surface area contributed by atoms with E-state index < -0.39 is 6.09 Å². The van der Waals surface area contributed by atoms with Crippen molar-refractivity contribution in [3.05, 3.63) is 54.2 Å². The van der Waals surface area contributed by atoms with Crippen molar-refractivity contribution in [3.8, 4) is 11.3 Å². The van der Waals surface area contributed by atoms with Crippen molar-refractivity contribution in [2.24, 2.45) is 11.8 Å². The summed E-state index contributed by atoms with van der Waals surface area (Å²) in [7, 11) is 2.14. The van der Waals surface area contributed by atoms with E-state index in [1.54, 1.807) is 0 Å². The number of pyridine rings is 2. The summed E-state index contributed by atoms with van der Waals surface area (Å²) in [5.41, 5.74) is 2.95. The number of nitrogens with one attached hydrogen (secondary N) is 2. The SMILES string of the molecule is CN1CCN(c2ccc(-c3cc(C(=O)NC[C@H]4CC[C@H](CN(C(=O)O)[C@@H]5CNC(=O)C5)CC4)c4ccccc4n3)cn2)CC1. The number of benzene rings is 1. The highest BCUT2D eigenvalue weighted by molar-refractivity contribution is 6.07. The van der Waals surface area contributed by atoms with Gasteiger partial charge in [-0.25, -0.2) is 14.8 Å². The first-order valence-corrected chi connectivity index (χ1v) is 15.7. The molecule has 3 aromatic rings. The molecule has 11 nitrogen and oxygen atoms in total. The van der Waals surface area contributed by atoms with E-state index in [0.717, 1.165) is 74.1 Å². The average Bonchev–Trinajstić information content (AvgIpc) is 3.48. The van der Waals surface area contributed by atoms with Gasteiger partial charge in [-0.15, -0.1) is 0 Å². The number of piperazine rings is 1. The molecule has 0 spiro atoms. The van der Waals surface area contributed by atoms with Gasteiger partial charge >= 0.3 is 6.09 Å². The van der Waals surface area contributed by atoms with Crippen molar-refractivity contribution in [2.45, 2.75) is 38.1 Å². The molecule has 2 saturated heterocycles. The van der Waals surface area contributed by atoms with Gasteiger partial charge in [0.25, 0.3) is 5.91 Å². The van der Waals surface area contributed by atoms with Crippen LogP contribution in [0.2, 0.25) is 0 Å². The summed E-state index contributed by atoms with van der Waals surface area (Å²) in [6.45, 7) is 5.33. The molecule has 11 heteroatoms. The summed E-state index contributed by atoms with van der Waals surface area (Å²) in [6.07, 6.45) is 4.76. The number of carboxylic acid groups (broad SMARTS) is 1. The third kappa shape index (κ3) is 6.77. The number of aromatic nitrogens is 2. The minimum Gasteiger partial charge on any atom is -0.465 e. The highest BCUT2D eigenvalue weighted by Crippen LogP contribution is 2.31. The largest absolute Gasteiger partial charge is 0.465 e. The van der Waals surface area contributed by atoms with Crippen molar-refractivity contribution in [2.75, 3.05) is 57.8 Å². The fourth-order valence-corrected chi connectivity index (χ4v) is 6.69. The van der Waals surface area contributed by atoms with Crippen molar-refractivity contribution >= 4 is 34.6 Å². The summed E-state index contributed by atoms with van der Waals surface area (Å²) < 4.78 is 0. The van der Waals surface area contributed by atoms with Gasteiger partial charge in [-0.2, -0.15) is 0 Å². The van der Waals surface area contributed by atoms with E-state index >= 15 is 0 Å². The molecule has 6 rings (SSSR count). The minimum atomic E-state index is -0.966. The normalized spacial score (nSPS) is 22.5. The van der Waals surface area contributed by atoms with E-state index in [4.69, 9.17) is 9.97 Å². The van der Waals surface area contributed by atoms with Crippen LogP contribution in [0.3, 0.4) is 0 Å². The Balaban J connectivity index is 1.08. The number of likely N-dealkylation sites (N-methyl/N-ethyl adjacent to an activating group) is 1. The standard InChI is InChI=1S/C33H41N7O4/c1-38-12-14-39(15-13-38)30-11-10-24(19-34-30)29-17-27(26-4-2-3-5-28(26)37-29)32(42)36-18-22-6-8-23(9-7-22)21-40(33(43)44)25-16-31(41)35-20-25/h2-5,10-11,17,19,22-23,25H,6-9,12-16,18,20-21H2,1H3,(H,35,41)(H,36,42)(H,43,44)/t22-,23-,25-/m0/s1. The molecule has 3 amide bonds. The maximum atomic E-state index is 13.6. The second kappa shape index (κ2) is 13.2. The monoisotopic (exact) mass is 599 g/mol. The van der Waals surface area contributed by atoms with Crippen LogP contribution in [-0.2, 0) is 4.79 Å². The molecule has 0 bridgehead atoms. The molecule has 3 N–H and O–H groups in total. The summed E-state index contributed by atoms with van der Waals surface area (Å²) in [5, 5.41) is 16.4. The molecule has 44 heavy (non-hydrogen) atoms. The Bertz CT molecular complexity index is 1500. The molecule has 1 atom stereocenters. The lowest BCUT2D eigenvalue weighted by Gasteiger charge is -2.33. The Kier molecular flexibility index (Phi) is 8.92. The molecule has 2 aliphatic heterocycles. The van der Waals surface area contributed by atoms with Gasteiger partial charge in [0.05, 0.1) is 22.8 Å². The van der Waals surface area contributed by atoms with Crippen LogP contribution >= 0.6 is 0 Å². The van der Waals surface area contributed by atoms with E-state index in [0.29, 0.717) is 36.8 Å². The number of nitrogens with zero attached hydrogens (tertiary/aromatic N) is 5. The fourth-order valence-electron chi connectivity index (χ4n) is 6.69. The van der Waals surface area contributed by atoms with Gasteiger partial charge in [0.15, 0.2) is 0 Å². The number of rotatable bonds is 8. The van der Waals surface area contributed by atoms with E-state index in [1.807, 2.05) is 48.7 Å². The van der Waals surface area contributed by atoms with Crippen molar-refractivity contribution in [3.63, 3.8) is 0 Å². The fraction of sp³-hybridized carbons (Fsp3) is 0.485. The number of hydrogen-bond donors (Lipinski definition) is 3. The first-order valence-electron chi connectivity index (χ1n) is 15.7. The molecule has 3 fully saturated rings. The number of fused-ring (bicyclic) bond motifs is 1. The van der Waals surface area contributed by atoms with Crippen LogP contribution in [0.15, 0.2) is 48.7 Å². The molecule has 1 aromatic carbocycles. The van der Waals surface area contributed by atoms with Crippen LogP contribution in [0.1, 0.15) is 42.5 Å². The third-order valence-corrected chi connectivity index (χ3v) is 9.45. The lowest BCUT2D eigenvalue weighted by molar-refractivity contribution is -0.119. The molecule has 0 unspecified atom stereocenters. The Labute approximate surface area is 257 Å². The van der Waals surface area contributed by atoms with Crippen LogP contribution in [0, 0.1) is 11.8 Å². The zero-order valence-electron chi connectivity index (χ0n) is 25.2. The zero-order chi connectivity index (χ0) is 30.6. The zero-order valence-corrected chi connectivity index (χ0v) is 25.2. The lowest BCUT2D eigenvalue weighted by atomic mass is 9.81. The van der Waals surface area contributed by atoms with Crippen molar-refractivity contribution in [1.82, 2.24) is 30.4 Å². The van der Waals surface area contributed by atoms with Gasteiger partial charge in [0.1, 0.15) is 5.82 Å². The van der Waals surface area contributed by atoms with Gasteiger partial charge in [0, 0.05) is 69.4 Å². The molecule has 1 aliphatic carbocycles. The molecule has 0 radical (unpaired) electrons. The topological polar surface area (TPSA) is 131 Å². The van der Waals surface area contributed by atoms with Gasteiger partial charge in [-0.1, -0.05) is 18.2 Å². The van der Waals surface area contributed by atoms with Crippen molar-refractivity contribution < 1.29 is 19.5 Å². The summed E-state index contributed by atoms with van der Waals surface area (Å²) in [5.74, 6) is 1.34. The smallest absolute Gasteiger partial charge is 0.407 e. The highest BCUT2D eigenvalue weighted by Gasteiger charge is 2.33. The highest BCUT2D eigenvalue weighted by atomic mass is 16.4. The minimum absolute atomic E-state index is 0.0921. The number of anilines is 1. The predicted molar refractivity (Wildman–Crippen MR) is 169 cm³/mol. The first kappa shape index (κ1) is 29.8. The summed E-state index contributed by atoms with van der Waals surface area (Å²) in [6, 6.07) is 13.4. The second-order valence-electron chi connectivity index (χ2n) is 12.5. The number of amides is 3. The quantitative estimate of drug-likeness (QED) is 0.359. The maximum absolute atomic E-state index is 13.6. The molecular formula is C33H41N7O4. The summed E-state index contributed by atoms with van der Waals surface area (Å²) >= 11 is 0. The van der Waals surface area contributed by atoms with Gasteiger partial charge in [-0.3, -0.25) is 9.59 Å². The molecule has 4 heterocycles. The Morgan fingerprint density at radius 1 is 1.05 bits per heavy atom. The number of carbonyl (C=O) groups excluding carboxylic acids is 2. The van der Waals surface area contributed by atoms with Gasteiger partial charge in [0.2, 0.25) is 5.91 Å². The van der Waals surface area contributed by atoms with Crippen LogP contribution in [0.5, 0.6) is 0 Å².